The van der Waals surface area contributed by atoms with Crippen LogP contribution in [0.3, 0.4) is 0 Å². The number of alkyl halides is 3. The van der Waals surface area contributed by atoms with Crippen LogP contribution >= 0.6 is 11.8 Å². The molecule has 0 aliphatic rings. The molecule has 0 aromatic heterocycles. The van der Waals surface area contributed by atoms with Crippen molar-refractivity contribution in [1.82, 2.24) is 0 Å². The van der Waals surface area contributed by atoms with Gasteiger partial charge in [0.15, 0.2) is 0 Å². The van der Waals surface area contributed by atoms with Gasteiger partial charge in [0.05, 0.1) is 4.92 Å². The topological polar surface area (TPSA) is 52.4 Å². The zero-order chi connectivity index (χ0) is 16.2. The van der Waals surface area contributed by atoms with E-state index in [1.165, 1.54) is 17.8 Å². The van der Waals surface area contributed by atoms with Crippen molar-refractivity contribution in [3.05, 3.63) is 64.2 Å². The van der Waals surface area contributed by atoms with Crippen molar-refractivity contribution in [3.8, 4) is 5.75 Å². The fraction of sp³-hybridized carbons (Fsp3) is 0.143. The molecular weight excluding hydrogens is 319 g/mol. The molecule has 0 saturated carbocycles. The van der Waals surface area contributed by atoms with Gasteiger partial charge in [-0.1, -0.05) is 30.3 Å². The Balaban J connectivity index is 2.19. The molecule has 4 nitrogen and oxygen atoms in total. The molecule has 22 heavy (non-hydrogen) atoms. The second-order valence-corrected chi connectivity index (χ2v) is 5.26. The van der Waals surface area contributed by atoms with Gasteiger partial charge in [0.2, 0.25) is 5.75 Å². The molecule has 0 amide bonds. The first kappa shape index (κ1) is 16.2. The van der Waals surface area contributed by atoms with Gasteiger partial charge in [0.25, 0.3) is 0 Å². The highest BCUT2D eigenvalue weighted by molar-refractivity contribution is 7.98. The molecule has 0 heterocycles. The standard InChI is InChI=1S/C14H10F3NO3S/c15-14(16,17)21-13-8-11(6-7-12(13)18(19)20)22-9-10-4-2-1-3-5-10/h1-8H,9H2. The van der Waals surface area contributed by atoms with E-state index >= 15 is 0 Å². The van der Waals surface area contributed by atoms with Crippen LogP contribution in [-0.2, 0) is 5.75 Å². The Kier molecular flexibility index (Phi) is 4.92. The Morgan fingerprint density at radius 2 is 1.82 bits per heavy atom. The van der Waals surface area contributed by atoms with Crippen LogP contribution in [0.2, 0.25) is 0 Å². The predicted octanol–water partition coefficient (Wildman–Crippen LogP) is 4.79. The Hall–Kier alpha value is -2.22. The SMILES string of the molecule is O=[N+]([O-])c1ccc(SCc2ccccc2)cc1OC(F)(F)F. The largest absolute Gasteiger partial charge is 0.573 e. The highest BCUT2D eigenvalue weighted by Gasteiger charge is 2.34. The van der Waals surface area contributed by atoms with Gasteiger partial charge in [-0.25, -0.2) is 0 Å². The number of thioether (sulfide) groups is 1. The zero-order valence-corrected chi connectivity index (χ0v) is 11.9. The van der Waals surface area contributed by atoms with Crippen molar-refractivity contribution >= 4 is 17.4 Å². The Morgan fingerprint density at radius 3 is 2.41 bits per heavy atom. The number of halogens is 3. The molecule has 0 radical (unpaired) electrons. The van der Waals surface area contributed by atoms with Gasteiger partial charge in [-0.2, -0.15) is 0 Å². The lowest BCUT2D eigenvalue weighted by Gasteiger charge is -2.10. The molecule has 116 valence electrons. The van der Waals surface area contributed by atoms with Gasteiger partial charge < -0.3 is 4.74 Å². The first-order valence-corrected chi connectivity index (χ1v) is 7.04. The maximum Gasteiger partial charge on any atom is 0.573 e. The van der Waals surface area contributed by atoms with Gasteiger partial charge in [-0.05, 0) is 11.6 Å². The van der Waals surface area contributed by atoms with Gasteiger partial charge in [0.1, 0.15) is 0 Å². The number of hydrogen-bond acceptors (Lipinski definition) is 4. The smallest absolute Gasteiger partial charge is 0.398 e. The van der Waals surface area contributed by atoms with E-state index in [9.17, 15) is 23.3 Å². The molecule has 0 aliphatic carbocycles. The average Bonchev–Trinajstić information content (AvgIpc) is 2.44. The quantitative estimate of drug-likeness (QED) is 0.450. The third-order valence-corrected chi connectivity index (χ3v) is 3.67. The summed E-state index contributed by atoms with van der Waals surface area (Å²) in [6, 6.07) is 12.8. The summed E-state index contributed by atoms with van der Waals surface area (Å²) in [5.74, 6) is -0.278. The molecule has 0 aliphatic heterocycles. The number of hydrogen-bond donors (Lipinski definition) is 0. The van der Waals surface area contributed by atoms with Crippen LogP contribution in [-0.4, -0.2) is 11.3 Å². The summed E-state index contributed by atoms with van der Waals surface area (Å²) in [4.78, 5) is 10.3. The third-order valence-electron chi connectivity index (χ3n) is 2.60. The summed E-state index contributed by atoms with van der Waals surface area (Å²) in [5, 5.41) is 10.7. The van der Waals surface area contributed by atoms with E-state index in [2.05, 4.69) is 4.74 Å². The fourth-order valence-corrected chi connectivity index (χ4v) is 2.56. The van der Waals surface area contributed by atoms with Crippen LogP contribution in [0.4, 0.5) is 18.9 Å². The number of nitro groups is 1. The second-order valence-electron chi connectivity index (χ2n) is 4.21. The van der Waals surface area contributed by atoms with Crippen molar-refractivity contribution in [3.63, 3.8) is 0 Å². The molecule has 0 N–H and O–H groups in total. The number of ether oxygens (including phenoxy) is 1. The van der Waals surface area contributed by atoms with Crippen molar-refractivity contribution in [2.24, 2.45) is 0 Å². The van der Waals surface area contributed by atoms with E-state index in [1.54, 1.807) is 0 Å². The summed E-state index contributed by atoms with van der Waals surface area (Å²) < 4.78 is 40.7. The molecule has 0 unspecified atom stereocenters. The molecule has 0 saturated heterocycles. The maximum atomic E-state index is 12.3. The summed E-state index contributed by atoms with van der Waals surface area (Å²) >= 11 is 1.26. The van der Waals surface area contributed by atoms with Gasteiger partial charge in [-0.3, -0.25) is 10.1 Å². The molecule has 8 heteroatoms. The third kappa shape index (κ3) is 4.66. The molecule has 2 aromatic rings. The highest BCUT2D eigenvalue weighted by atomic mass is 32.2. The monoisotopic (exact) mass is 329 g/mol. The first-order chi connectivity index (χ1) is 10.3. The lowest BCUT2D eigenvalue weighted by atomic mass is 10.2. The van der Waals surface area contributed by atoms with Crippen LogP contribution < -0.4 is 4.74 Å². The fourth-order valence-electron chi connectivity index (χ4n) is 1.68. The highest BCUT2D eigenvalue weighted by Crippen LogP contribution is 2.36. The number of benzene rings is 2. The average molecular weight is 329 g/mol. The Bertz CT molecular complexity index is 662. The van der Waals surface area contributed by atoms with Crippen LogP contribution in [0.15, 0.2) is 53.4 Å². The molecule has 0 bridgehead atoms. The van der Waals surface area contributed by atoms with Crippen molar-refractivity contribution in [2.45, 2.75) is 17.0 Å². The van der Waals surface area contributed by atoms with Crippen molar-refractivity contribution < 1.29 is 22.8 Å². The van der Waals surface area contributed by atoms with Crippen LogP contribution in [0.25, 0.3) is 0 Å². The first-order valence-electron chi connectivity index (χ1n) is 6.06. The number of nitro benzene ring substituents is 1. The van der Waals surface area contributed by atoms with Gasteiger partial charge in [-0.15, -0.1) is 24.9 Å². The van der Waals surface area contributed by atoms with Crippen molar-refractivity contribution in [1.29, 1.82) is 0 Å². The minimum Gasteiger partial charge on any atom is -0.398 e. The summed E-state index contributed by atoms with van der Waals surface area (Å²) in [5.41, 5.74) is 0.269. The summed E-state index contributed by atoms with van der Waals surface area (Å²) in [7, 11) is 0. The molecule has 0 fully saturated rings. The van der Waals surface area contributed by atoms with E-state index in [0.717, 1.165) is 17.7 Å². The van der Waals surface area contributed by atoms with E-state index in [4.69, 9.17) is 0 Å². The van der Waals surface area contributed by atoms with Crippen LogP contribution in [0.5, 0.6) is 5.75 Å². The lowest BCUT2D eigenvalue weighted by molar-refractivity contribution is -0.388. The minimum absolute atomic E-state index is 0.453. The number of nitrogens with zero attached hydrogens (tertiary/aromatic N) is 1. The van der Waals surface area contributed by atoms with E-state index in [0.29, 0.717) is 10.6 Å². The second kappa shape index (κ2) is 6.69. The summed E-state index contributed by atoms with van der Waals surface area (Å²) in [6.07, 6.45) is -4.98. The Labute approximate surface area is 128 Å². The minimum atomic E-state index is -4.98. The molecule has 0 atom stereocenters. The van der Waals surface area contributed by atoms with Crippen LogP contribution in [0, 0.1) is 10.1 Å². The molecule has 2 aromatic carbocycles. The molecular formula is C14H10F3NO3S. The van der Waals surface area contributed by atoms with E-state index in [1.807, 2.05) is 30.3 Å². The zero-order valence-electron chi connectivity index (χ0n) is 11.0. The van der Waals surface area contributed by atoms with Gasteiger partial charge >= 0.3 is 12.0 Å². The van der Waals surface area contributed by atoms with Gasteiger partial charge in [0, 0.05) is 22.8 Å². The predicted molar refractivity (Wildman–Crippen MR) is 75.8 cm³/mol. The van der Waals surface area contributed by atoms with Crippen molar-refractivity contribution in [2.75, 3.05) is 0 Å². The van der Waals surface area contributed by atoms with E-state index < -0.39 is 22.7 Å². The van der Waals surface area contributed by atoms with E-state index in [-0.39, 0.29) is 0 Å². The number of rotatable bonds is 5. The lowest BCUT2D eigenvalue weighted by Crippen LogP contribution is -2.18. The molecule has 2 rings (SSSR count). The molecule has 0 spiro atoms. The Morgan fingerprint density at radius 1 is 1.14 bits per heavy atom. The maximum absolute atomic E-state index is 12.3. The van der Waals surface area contributed by atoms with Crippen LogP contribution in [0.1, 0.15) is 5.56 Å². The summed E-state index contributed by atoms with van der Waals surface area (Å²) in [6.45, 7) is 0. The normalized spacial score (nSPS) is 11.2.